The van der Waals surface area contributed by atoms with Crippen LogP contribution >= 0.6 is 11.8 Å². The minimum atomic E-state index is -0.470. The molecular weight excluding hydrogens is 274 g/mol. The molecule has 0 aliphatic carbocycles. The molecule has 2 atom stereocenters. The Bertz CT molecular complexity index is 543. The van der Waals surface area contributed by atoms with Gasteiger partial charge in [0.15, 0.2) is 0 Å². The molecule has 2 heterocycles. The van der Waals surface area contributed by atoms with Crippen LogP contribution in [0.2, 0.25) is 0 Å². The van der Waals surface area contributed by atoms with E-state index in [-0.39, 0.29) is 28.6 Å². The average molecular weight is 291 g/mol. The first-order valence-corrected chi connectivity index (χ1v) is 7.56. The van der Waals surface area contributed by atoms with E-state index in [1.54, 1.807) is 16.7 Å². The predicted molar refractivity (Wildman–Crippen MR) is 76.9 cm³/mol. The van der Waals surface area contributed by atoms with Gasteiger partial charge < -0.3 is 9.64 Å². The van der Waals surface area contributed by atoms with Crippen molar-refractivity contribution in [1.82, 2.24) is 4.90 Å². The van der Waals surface area contributed by atoms with Crippen LogP contribution in [0.15, 0.2) is 30.3 Å². The second-order valence-corrected chi connectivity index (χ2v) is 7.51. The van der Waals surface area contributed by atoms with Crippen LogP contribution in [0.1, 0.15) is 25.8 Å². The van der Waals surface area contributed by atoms with Gasteiger partial charge in [-0.2, -0.15) is 0 Å². The summed E-state index contributed by atoms with van der Waals surface area (Å²) in [5, 5.41) is 0.145. The maximum atomic E-state index is 12.3. The topological polar surface area (TPSA) is 46.6 Å². The summed E-state index contributed by atoms with van der Waals surface area (Å²) in [5.41, 5.74) is 0.954. The van der Waals surface area contributed by atoms with Gasteiger partial charge in [-0.1, -0.05) is 30.3 Å². The Kier molecular flexibility index (Phi) is 3.24. The summed E-state index contributed by atoms with van der Waals surface area (Å²) in [6.45, 7) is 4.25. The molecule has 2 aliphatic heterocycles. The molecule has 1 amide bonds. The Morgan fingerprint density at radius 1 is 1.40 bits per heavy atom. The quantitative estimate of drug-likeness (QED) is 0.632. The van der Waals surface area contributed by atoms with Crippen LogP contribution in [0.3, 0.4) is 0 Å². The molecule has 0 saturated carbocycles. The Labute approximate surface area is 122 Å². The van der Waals surface area contributed by atoms with Gasteiger partial charge in [-0.3, -0.25) is 4.79 Å². The fourth-order valence-corrected chi connectivity index (χ4v) is 4.38. The van der Waals surface area contributed by atoms with Gasteiger partial charge in [0, 0.05) is 4.75 Å². The molecule has 0 aromatic heterocycles. The van der Waals surface area contributed by atoms with E-state index in [9.17, 15) is 9.59 Å². The third-order valence-electron chi connectivity index (χ3n) is 3.77. The molecule has 20 heavy (non-hydrogen) atoms. The van der Waals surface area contributed by atoms with E-state index >= 15 is 0 Å². The lowest BCUT2D eigenvalue weighted by Gasteiger charge is -2.37. The molecule has 2 fully saturated rings. The largest absolute Gasteiger partial charge is 0.459 e. The van der Waals surface area contributed by atoms with Gasteiger partial charge in [0.2, 0.25) is 5.91 Å². The molecule has 0 spiro atoms. The summed E-state index contributed by atoms with van der Waals surface area (Å²) in [5.74, 6) is -0.253. The van der Waals surface area contributed by atoms with Gasteiger partial charge in [-0.05, 0) is 19.4 Å². The maximum absolute atomic E-state index is 12.3. The Balaban J connectivity index is 1.68. The third-order valence-corrected chi connectivity index (χ3v) is 5.27. The van der Waals surface area contributed by atoms with Gasteiger partial charge in [-0.25, -0.2) is 4.79 Å². The van der Waals surface area contributed by atoms with E-state index in [1.807, 2.05) is 44.2 Å². The lowest BCUT2D eigenvalue weighted by atomic mass is 9.98. The number of hydrogen-bond acceptors (Lipinski definition) is 4. The second-order valence-electron chi connectivity index (χ2n) is 5.68. The van der Waals surface area contributed by atoms with Crippen molar-refractivity contribution in [2.75, 3.05) is 0 Å². The van der Waals surface area contributed by atoms with Crippen LogP contribution in [0, 0.1) is 0 Å². The molecule has 1 aromatic carbocycles. The fraction of sp³-hybridized carbons (Fsp3) is 0.467. The number of carbonyl (C=O) groups is 2. The van der Waals surface area contributed by atoms with Gasteiger partial charge in [-0.15, -0.1) is 11.8 Å². The first-order chi connectivity index (χ1) is 9.49. The van der Waals surface area contributed by atoms with Crippen LogP contribution in [0.5, 0.6) is 0 Å². The minimum absolute atomic E-state index is 0.0507. The van der Waals surface area contributed by atoms with Crippen LogP contribution in [-0.2, 0) is 20.9 Å². The van der Waals surface area contributed by atoms with E-state index in [2.05, 4.69) is 0 Å². The highest BCUT2D eigenvalue weighted by Gasteiger charge is 2.59. The molecule has 106 valence electrons. The SMILES string of the molecule is CC1(C)S[C@@H]2CC(=O)N2[C@H]1C(=O)OCc1ccccc1. The smallest absolute Gasteiger partial charge is 0.330 e. The van der Waals surface area contributed by atoms with Gasteiger partial charge >= 0.3 is 5.97 Å². The maximum Gasteiger partial charge on any atom is 0.330 e. The molecule has 3 rings (SSSR count). The monoisotopic (exact) mass is 291 g/mol. The Morgan fingerprint density at radius 3 is 2.75 bits per heavy atom. The number of benzene rings is 1. The standard InChI is InChI=1S/C15H17NO3S/c1-15(2)13(16-11(17)8-12(16)20-15)14(18)19-9-10-6-4-3-5-7-10/h3-7,12-13H,8-9H2,1-2H3/t12-,13+/m1/s1. The third kappa shape index (κ3) is 2.20. The summed E-state index contributed by atoms with van der Waals surface area (Å²) >= 11 is 1.68. The average Bonchev–Trinajstić information content (AvgIpc) is 2.64. The van der Waals surface area contributed by atoms with E-state index < -0.39 is 6.04 Å². The molecule has 5 heteroatoms. The number of thioether (sulfide) groups is 1. The van der Waals surface area contributed by atoms with Crippen LogP contribution in [0.25, 0.3) is 0 Å². The van der Waals surface area contributed by atoms with Crippen molar-refractivity contribution in [3.8, 4) is 0 Å². The summed E-state index contributed by atoms with van der Waals surface area (Å²) in [6.07, 6.45) is 0.538. The lowest BCUT2D eigenvalue weighted by molar-refractivity contribution is -0.162. The first-order valence-electron chi connectivity index (χ1n) is 6.68. The van der Waals surface area contributed by atoms with Crippen LogP contribution < -0.4 is 0 Å². The highest BCUT2D eigenvalue weighted by molar-refractivity contribution is 8.01. The number of fused-ring (bicyclic) bond motifs is 1. The lowest BCUT2D eigenvalue weighted by Crippen LogP contribution is -2.57. The van der Waals surface area contributed by atoms with Crippen molar-refractivity contribution in [2.45, 2.75) is 43.0 Å². The predicted octanol–water partition coefficient (Wildman–Crippen LogP) is 2.18. The van der Waals surface area contributed by atoms with Crippen molar-refractivity contribution in [3.63, 3.8) is 0 Å². The second kappa shape index (κ2) is 4.81. The molecule has 0 N–H and O–H groups in total. The number of hydrogen-bond donors (Lipinski definition) is 0. The number of β-lactam (4-membered cyclic amide) rings is 1. The number of carbonyl (C=O) groups excluding carboxylic acids is 2. The van der Waals surface area contributed by atoms with E-state index in [4.69, 9.17) is 4.74 Å². The van der Waals surface area contributed by atoms with Crippen molar-refractivity contribution in [2.24, 2.45) is 0 Å². The summed E-state index contributed by atoms with van der Waals surface area (Å²) in [7, 11) is 0. The molecule has 4 nitrogen and oxygen atoms in total. The number of rotatable bonds is 3. The Hall–Kier alpha value is -1.49. The van der Waals surface area contributed by atoms with Crippen molar-refractivity contribution in [1.29, 1.82) is 0 Å². The molecule has 0 unspecified atom stereocenters. The molecule has 2 saturated heterocycles. The normalized spacial score (nSPS) is 26.9. The molecule has 2 aliphatic rings. The van der Waals surface area contributed by atoms with Gasteiger partial charge in [0.1, 0.15) is 12.6 Å². The van der Waals surface area contributed by atoms with Crippen LogP contribution in [-0.4, -0.2) is 32.9 Å². The molecule has 0 bridgehead atoms. The highest BCUT2D eigenvalue weighted by Crippen LogP contribution is 2.50. The zero-order valence-corrected chi connectivity index (χ0v) is 12.4. The molecular formula is C15H17NO3S. The highest BCUT2D eigenvalue weighted by atomic mass is 32.2. The van der Waals surface area contributed by atoms with Gasteiger partial charge in [0.05, 0.1) is 11.8 Å². The van der Waals surface area contributed by atoms with Crippen LogP contribution in [0.4, 0.5) is 0 Å². The van der Waals surface area contributed by atoms with E-state index in [1.165, 1.54) is 0 Å². The number of amides is 1. The number of esters is 1. The van der Waals surface area contributed by atoms with Gasteiger partial charge in [0.25, 0.3) is 0 Å². The molecule has 1 aromatic rings. The van der Waals surface area contributed by atoms with E-state index in [0.29, 0.717) is 6.42 Å². The zero-order chi connectivity index (χ0) is 14.3. The number of ether oxygens (including phenoxy) is 1. The zero-order valence-electron chi connectivity index (χ0n) is 11.5. The fourth-order valence-electron chi connectivity index (χ4n) is 2.77. The van der Waals surface area contributed by atoms with Crippen molar-refractivity contribution >= 4 is 23.6 Å². The Morgan fingerprint density at radius 2 is 2.10 bits per heavy atom. The van der Waals surface area contributed by atoms with Crippen molar-refractivity contribution in [3.05, 3.63) is 35.9 Å². The van der Waals surface area contributed by atoms with Crippen molar-refractivity contribution < 1.29 is 14.3 Å². The van der Waals surface area contributed by atoms with E-state index in [0.717, 1.165) is 5.56 Å². The molecule has 0 radical (unpaired) electrons. The minimum Gasteiger partial charge on any atom is -0.459 e. The summed E-state index contributed by atoms with van der Waals surface area (Å²) in [6, 6.07) is 9.10. The summed E-state index contributed by atoms with van der Waals surface area (Å²) < 4.78 is 5.12. The number of nitrogens with zero attached hydrogens (tertiary/aromatic N) is 1. The summed E-state index contributed by atoms with van der Waals surface area (Å²) in [4.78, 5) is 25.7. The first kappa shape index (κ1) is 13.5.